The number of benzene rings is 3. The molecule has 2 aliphatic rings. The highest BCUT2D eigenvalue weighted by Gasteiger charge is 2.34. The molecule has 0 saturated carbocycles. The first-order chi connectivity index (χ1) is 13.9. The van der Waals surface area contributed by atoms with Gasteiger partial charge in [0, 0.05) is 30.5 Å². The summed E-state index contributed by atoms with van der Waals surface area (Å²) in [6.45, 7) is 0.752. The molecule has 5 rings (SSSR count). The second kappa shape index (κ2) is 6.46. The zero-order valence-corrected chi connectivity index (χ0v) is 16.6. The molecule has 5 nitrogen and oxygen atoms in total. The average molecular weight is 405 g/mol. The molecule has 0 aromatic heterocycles. The van der Waals surface area contributed by atoms with Gasteiger partial charge < -0.3 is 4.74 Å². The Morgan fingerprint density at radius 2 is 1.48 bits per heavy atom. The molecule has 3 aromatic carbocycles. The fraction of sp³-hybridized carbons (Fsp3) is 0.174. The van der Waals surface area contributed by atoms with Crippen molar-refractivity contribution in [2.45, 2.75) is 24.1 Å². The van der Waals surface area contributed by atoms with Crippen LogP contribution in [0.4, 0.5) is 4.79 Å². The third-order valence-corrected chi connectivity index (χ3v) is 6.69. The first-order valence-electron chi connectivity index (χ1n) is 9.37. The van der Waals surface area contributed by atoms with Crippen LogP contribution in [0.15, 0.2) is 71.6 Å². The molecule has 29 heavy (non-hydrogen) atoms. The summed E-state index contributed by atoms with van der Waals surface area (Å²) in [4.78, 5) is 14.8. The first-order valence-corrected chi connectivity index (χ1v) is 11.3. The zero-order chi connectivity index (χ0) is 20.2. The average Bonchev–Trinajstić information content (AvgIpc) is 3.27. The van der Waals surface area contributed by atoms with Crippen LogP contribution in [0.3, 0.4) is 0 Å². The summed E-state index contributed by atoms with van der Waals surface area (Å²) in [7, 11) is -3.28. The number of hydrogen-bond donors (Lipinski definition) is 0. The Hall–Kier alpha value is -3.12. The fourth-order valence-corrected chi connectivity index (χ4v) is 4.81. The number of amides is 1. The van der Waals surface area contributed by atoms with E-state index >= 15 is 0 Å². The summed E-state index contributed by atoms with van der Waals surface area (Å²) in [5.41, 5.74) is 5.93. The Bertz CT molecular complexity index is 1200. The highest BCUT2D eigenvalue weighted by Crippen LogP contribution is 2.45. The molecule has 0 spiro atoms. The van der Waals surface area contributed by atoms with Gasteiger partial charge in [-0.2, -0.15) is 0 Å². The van der Waals surface area contributed by atoms with E-state index in [4.69, 9.17) is 4.74 Å². The predicted octanol–water partition coefficient (Wildman–Crippen LogP) is 4.31. The summed E-state index contributed by atoms with van der Waals surface area (Å²) in [6, 6.07) is 20.9. The summed E-state index contributed by atoms with van der Waals surface area (Å²) in [6.07, 6.45) is 0.342. The van der Waals surface area contributed by atoms with Crippen molar-refractivity contribution < 1.29 is 17.9 Å². The molecule has 0 bridgehead atoms. The van der Waals surface area contributed by atoms with Crippen LogP contribution in [0.1, 0.15) is 28.4 Å². The van der Waals surface area contributed by atoms with Gasteiger partial charge in [-0.1, -0.05) is 54.6 Å². The molecular weight excluding hydrogens is 386 g/mol. The second-order valence-electron chi connectivity index (χ2n) is 7.50. The van der Waals surface area contributed by atoms with Gasteiger partial charge in [0.15, 0.2) is 15.9 Å². The van der Waals surface area contributed by atoms with Crippen molar-refractivity contribution in [2.24, 2.45) is 0 Å². The molecule has 1 amide bonds. The van der Waals surface area contributed by atoms with Gasteiger partial charge in [-0.05, 0) is 34.4 Å². The molecule has 0 N–H and O–H groups in total. The van der Waals surface area contributed by atoms with Crippen LogP contribution < -0.4 is 0 Å². The minimum Gasteiger partial charge on any atom is -0.436 e. The largest absolute Gasteiger partial charge is 0.436 e. The smallest absolute Gasteiger partial charge is 0.411 e. The molecular formula is C23H19NO4S. The molecule has 6 heteroatoms. The number of carbonyl (C=O) groups excluding carboxylic acids is 1. The van der Waals surface area contributed by atoms with Gasteiger partial charge in [0.2, 0.25) is 0 Å². The van der Waals surface area contributed by atoms with Gasteiger partial charge in [0.1, 0.15) is 0 Å². The van der Waals surface area contributed by atoms with Crippen LogP contribution >= 0.6 is 0 Å². The van der Waals surface area contributed by atoms with E-state index in [1.54, 1.807) is 23.1 Å². The third-order valence-electron chi connectivity index (χ3n) is 5.58. The van der Waals surface area contributed by atoms with E-state index < -0.39 is 22.0 Å². The van der Waals surface area contributed by atoms with Crippen LogP contribution in [0.5, 0.6) is 0 Å². The van der Waals surface area contributed by atoms with E-state index in [0.717, 1.165) is 33.4 Å². The molecule has 0 unspecified atom stereocenters. The number of nitrogens with zero attached hydrogens (tertiary/aromatic N) is 1. The van der Waals surface area contributed by atoms with Crippen molar-refractivity contribution >= 4 is 15.9 Å². The maximum Gasteiger partial charge on any atom is 0.411 e. The number of rotatable bonds is 2. The lowest BCUT2D eigenvalue weighted by Crippen LogP contribution is -2.27. The van der Waals surface area contributed by atoms with Crippen LogP contribution in [-0.4, -0.2) is 25.7 Å². The molecule has 1 aliphatic heterocycles. The fourth-order valence-electron chi connectivity index (χ4n) is 4.14. The molecule has 0 saturated heterocycles. The van der Waals surface area contributed by atoms with Crippen molar-refractivity contribution in [3.8, 4) is 11.1 Å². The maximum atomic E-state index is 13.0. The van der Waals surface area contributed by atoms with Gasteiger partial charge in [0.05, 0.1) is 4.90 Å². The molecule has 0 radical (unpaired) electrons. The van der Waals surface area contributed by atoms with E-state index in [0.29, 0.717) is 13.1 Å². The number of fused-ring (bicyclic) bond motifs is 4. The van der Waals surface area contributed by atoms with E-state index in [1.165, 1.54) is 6.26 Å². The highest BCUT2D eigenvalue weighted by molar-refractivity contribution is 7.90. The summed E-state index contributed by atoms with van der Waals surface area (Å²) >= 11 is 0. The van der Waals surface area contributed by atoms with Crippen LogP contribution in [0.2, 0.25) is 0 Å². The van der Waals surface area contributed by atoms with Crippen molar-refractivity contribution in [2.75, 3.05) is 6.26 Å². The summed E-state index contributed by atoms with van der Waals surface area (Å²) < 4.78 is 29.6. The number of sulfone groups is 1. The van der Waals surface area contributed by atoms with Crippen molar-refractivity contribution in [1.82, 2.24) is 4.90 Å². The standard InChI is InChI=1S/C23H19NO4S/c1-29(26,27)17-11-10-15-13-24(14-16(15)12-17)23(25)28-22-20-8-4-2-6-18(20)19-7-3-5-9-21(19)22/h2-12,22H,13-14H2,1H3. The quantitative estimate of drug-likeness (QED) is 0.637. The Morgan fingerprint density at radius 1 is 0.897 bits per heavy atom. The number of carbonyl (C=O) groups is 1. The monoisotopic (exact) mass is 405 g/mol. The van der Waals surface area contributed by atoms with Gasteiger partial charge in [-0.15, -0.1) is 0 Å². The maximum absolute atomic E-state index is 13.0. The van der Waals surface area contributed by atoms with Gasteiger partial charge in [-0.3, -0.25) is 4.90 Å². The minimum atomic E-state index is -3.28. The Balaban J connectivity index is 1.40. The third kappa shape index (κ3) is 3.00. The molecule has 0 fully saturated rings. The normalized spacial score (nSPS) is 15.0. The molecule has 1 aliphatic carbocycles. The number of ether oxygens (including phenoxy) is 1. The van der Waals surface area contributed by atoms with Crippen molar-refractivity contribution in [3.05, 3.63) is 89.0 Å². The zero-order valence-electron chi connectivity index (χ0n) is 15.8. The van der Waals surface area contributed by atoms with Crippen LogP contribution in [0, 0.1) is 0 Å². The van der Waals surface area contributed by atoms with Gasteiger partial charge in [-0.25, -0.2) is 13.2 Å². The minimum absolute atomic E-state index is 0.269. The van der Waals surface area contributed by atoms with Gasteiger partial charge in [0.25, 0.3) is 0 Å². The summed E-state index contributed by atoms with van der Waals surface area (Å²) in [5.74, 6) is 0. The van der Waals surface area contributed by atoms with E-state index in [2.05, 4.69) is 0 Å². The van der Waals surface area contributed by atoms with E-state index in [1.807, 2.05) is 48.5 Å². The van der Waals surface area contributed by atoms with Crippen LogP contribution in [0.25, 0.3) is 11.1 Å². The van der Waals surface area contributed by atoms with E-state index in [9.17, 15) is 13.2 Å². The highest BCUT2D eigenvalue weighted by atomic mass is 32.2. The van der Waals surface area contributed by atoms with Crippen molar-refractivity contribution in [3.63, 3.8) is 0 Å². The molecule has 1 heterocycles. The lowest BCUT2D eigenvalue weighted by molar-refractivity contribution is 0.0780. The molecule has 3 aromatic rings. The summed E-state index contributed by atoms with van der Waals surface area (Å²) in [5, 5.41) is 0. The Kier molecular flexibility index (Phi) is 3.99. The Morgan fingerprint density at radius 3 is 2.10 bits per heavy atom. The van der Waals surface area contributed by atoms with Crippen LogP contribution in [-0.2, 0) is 27.7 Å². The van der Waals surface area contributed by atoms with Gasteiger partial charge >= 0.3 is 6.09 Å². The predicted molar refractivity (Wildman–Crippen MR) is 109 cm³/mol. The first kappa shape index (κ1) is 17.9. The topological polar surface area (TPSA) is 63.7 Å². The molecule has 0 atom stereocenters. The number of hydrogen-bond acceptors (Lipinski definition) is 4. The molecule has 146 valence electrons. The van der Waals surface area contributed by atoms with Crippen molar-refractivity contribution in [1.29, 1.82) is 0 Å². The van der Waals surface area contributed by atoms with E-state index in [-0.39, 0.29) is 4.90 Å². The lowest BCUT2D eigenvalue weighted by Gasteiger charge is -2.20. The second-order valence-corrected chi connectivity index (χ2v) is 9.51. The SMILES string of the molecule is CS(=O)(=O)c1ccc2c(c1)CN(C(=O)OC1c3ccccc3-c3ccccc31)C2. The Labute approximate surface area is 169 Å². The lowest BCUT2D eigenvalue weighted by atomic mass is 10.1.